The zero-order chi connectivity index (χ0) is 12.3. The van der Waals surface area contributed by atoms with Gasteiger partial charge in [0.15, 0.2) is 0 Å². The second kappa shape index (κ2) is 4.65. The van der Waals surface area contributed by atoms with Crippen molar-refractivity contribution >= 4 is 11.8 Å². The van der Waals surface area contributed by atoms with Crippen LogP contribution >= 0.6 is 0 Å². The summed E-state index contributed by atoms with van der Waals surface area (Å²) in [7, 11) is 0. The molecule has 0 bridgehead atoms. The van der Waals surface area contributed by atoms with Crippen LogP contribution in [-0.4, -0.2) is 11.2 Å². The molecule has 2 N–H and O–H groups in total. The van der Waals surface area contributed by atoms with Gasteiger partial charge in [-0.3, -0.25) is 5.32 Å². The van der Waals surface area contributed by atoms with Gasteiger partial charge in [0, 0.05) is 5.56 Å². The van der Waals surface area contributed by atoms with Crippen molar-refractivity contribution in [1.82, 2.24) is 0 Å². The maximum Gasteiger partial charge on any atom is 0.409 e. The average Bonchev–Trinajstić information content (AvgIpc) is 2.32. The first-order valence-corrected chi connectivity index (χ1v) is 5.02. The van der Waals surface area contributed by atoms with Crippen LogP contribution in [0.5, 0.6) is 0 Å². The lowest BCUT2D eigenvalue weighted by molar-refractivity contribution is 0.209. The number of halogens is 1. The predicted octanol–water partition coefficient (Wildman–Crippen LogP) is 3.58. The minimum Gasteiger partial charge on any atom is -0.465 e. The molecule has 2 rings (SSSR count). The molecule has 0 aliphatic heterocycles. The number of hydrogen-bond donors (Lipinski definition) is 2. The van der Waals surface area contributed by atoms with E-state index in [0.717, 1.165) is 5.56 Å². The van der Waals surface area contributed by atoms with Crippen molar-refractivity contribution in [3.05, 3.63) is 54.3 Å². The number of anilines is 1. The van der Waals surface area contributed by atoms with E-state index >= 15 is 0 Å². The molecule has 0 saturated heterocycles. The number of amides is 1. The first-order chi connectivity index (χ1) is 8.18. The van der Waals surface area contributed by atoms with Gasteiger partial charge in [0.25, 0.3) is 0 Å². The highest BCUT2D eigenvalue weighted by atomic mass is 19.1. The monoisotopic (exact) mass is 231 g/mol. The van der Waals surface area contributed by atoms with Crippen LogP contribution in [0.2, 0.25) is 0 Å². The summed E-state index contributed by atoms with van der Waals surface area (Å²) in [6.45, 7) is 0. The molecule has 0 radical (unpaired) electrons. The van der Waals surface area contributed by atoms with E-state index in [1.165, 1.54) is 6.07 Å². The van der Waals surface area contributed by atoms with Crippen LogP contribution in [0.1, 0.15) is 0 Å². The summed E-state index contributed by atoms with van der Waals surface area (Å²) in [4.78, 5) is 10.6. The Morgan fingerprint density at radius 3 is 2.41 bits per heavy atom. The van der Waals surface area contributed by atoms with Gasteiger partial charge in [-0.25, -0.2) is 9.18 Å². The summed E-state index contributed by atoms with van der Waals surface area (Å²) in [5.41, 5.74) is 1.26. The standard InChI is InChI=1S/C13H10FNO2/c14-11-8-4-7-10(12(11)15-13(16)17)9-5-2-1-3-6-9/h1-8,15H,(H,16,17). The van der Waals surface area contributed by atoms with Crippen LogP contribution in [0.25, 0.3) is 11.1 Å². The van der Waals surface area contributed by atoms with E-state index in [9.17, 15) is 9.18 Å². The Labute approximate surface area is 97.5 Å². The summed E-state index contributed by atoms with van der Waals surface area (Å²) >= 11 is 0. The van der Waals surface area contributed by atoms with E-state index in [4.69, 9.17) is 5.11 Å². The number of benzene rings is 2. The Morgan fingerprint density at radius 1 is 1.06 bits per heavy atom. The van der Waals surface area contributed by atoms with Gasteiger partial charge >= 0.3 is 6.09 Å². The van der Waals surface area contributed by atoms with E-state index in [1.54, 1.807) is 24.3 Å². The summed E-state index contributed by atoms with van der Waals surface area (Å²) in [5, 5.41) is 10.8. The third-order valence-electron chi connectivity index (χ3n) is 2.33. The van der Waals surface area contributed by atoms with Crippen molar-refractivity contribution in [3.8, 4) is 11.1 Å². The third-order valence-corrected chi connectivity index (χ3v) is 2.33. The first-order valence-electron chi connectivity index (χ1n) is 5.02. The van der Waals surface area contributed by atoms with Gasteiger partial charge in [-0.1, -0.05) is 42.5 Å². The smallest absolute Gasteiger partial charge is 0.409 e. The maximum atomic E-state index is 13.6. The van der Waals surface area contributed by atoms with Gasteiger partial charge in [0.05, 0.1) is 5.69 Å². The molecule has 3 nitrogen and oxygen atoms in total. The fraction of sp³-hybridized carbons (Fsp3) is 0. The van der Waals surface area contributed by atoms with E-state index in [2.05, 4.69) is 5.32 Å². The molecule has 0 spiro atoms. The molecule has 86 valence electrons. The molecule has 17 heavy (non-hydrogen) atoms. The molecule has 2 aromatic rings. The Balaban J connectivity index is 2.54. The highest BCUT2D eigenvalue weighted by molar-refractivity contribution is 5.90. The van der Waals surface area contributed by atoms with Crippen LogP contribution < -0.4 is 5.32 Å². The molecule has 0 unspecified atom stereocenters. The van der Waals surface area contributed by atoms with Crippen LogP contribution in [0.4, 0.5) is 14.9 Å². The van der Waals surface area contributed by atoms with Gasteiger partial charge in [-0.15, -0.1) is 0 Å². The van der Waals surface area contributed by atoms with Crippen LogP contribution in [0.15, 0.2) is 48.5 Å². The van der Waals surface area contributed by atoms with E-state index in [1.807, 2.05) is 18.2 Å². The summed E-state index contributed by atoms with van der Waals surface area (Å²) in [6, 6.07) is 13.5. The molecule has 1 amide bonds. The van der Waals surface area contributed by atoms with Crippen molar-refractivity contribution < 1.29 is 14.3 Å². The van der Waals surface area contributed by atoms with E-state index < -0.39 is 11.9 Å². The fourth-order valence-corrected chi connectivity index (χ4v) is 1.62. The van der Waals surface area contributed by atoms with Gasteiger partial charge in [-0.05, 0) is 11.6 Å². The molecule has 0 fully saturated rings. The lowest BCUT2D eigenvalue weighted by Crippen LogP contribution is -2.10. The minimum atomic E-state index is -1.28. The predicted molar refractivity (Wildman–Crippen MR) is 63.5 cm³/mol. The van der Waals surface area contributed by atoms with Gasteiger partial charge < -0.3 is 5.11 Å². The average molecular weight is 231 g/mol. The Bertz CT molecular complexity index is 540. The highest BCUT2D eigenvalue weighted by Crippen LogP contribution is 2.29. The zero-order valence-electron chi connectivity index (χ0n) is 8.85. The number of carbonyl (C=O) groups is 1. The van der Waals surface area contributed by atoms with Gasteiger partial charge in [0.1, 0.15) is 5.82 Å². The van der Waals surface area contributed by atoms with Crippen molar-refractivity contribution in [2.45, 2.75) is 0 Å². The molecule has 0 heterocycles. The first kappa shape index (κ1) is 11.1. The topological polar surface area (TPSA) is 49.3 Å². The van der Waals surface area contributed by atoms with Gasteiger partial charge in [0.2, 0.25) is 0 Å². The van der Waals surface area contributed by atoms with Crippen molar-refractivity contribution in [1.29, 1.82) is 0 Å². The van der Waals surface area contributed by atoms with E-state index in [0.29, 0.717) is 5.56 Å². The third kappa shape index (κ3) is 2.42. The van der Waals surface area contributed by atoms with Crippen molar-refractivity contribution in [2.24, 2.45) is 0 Å². The zero-order valence-corrected chi connectivity index (χ0v) is 8.85. The highest BCUT2D eigenvalue weighted by Gasteiger charge is 2.11. The number of rotatable bonds is 2. The lowest BCUT2D eigenvalue weighted by atomic mass is 10.0. The second-order valence-electron chi connectivity index (χ2n) is 3.46. The SMILES string of the molecule is O=C(O)Nc1c(F)cccc1-c1ccccc1. The fourth-order valence-electron chi connectivity index (χ4n) is 1.62. The normalized spacial score (nSPS) is 9.94. The maximum absolute atomic E-state index is 13.6. The Hall–Kier alpha value is -2.36. The summed E-state index contributed by atoms with van der Waals surface area (Å²) in [5.74, 6) is -0.589. The summed E-state index contributed by atoms with van der Waals surface area (Å²) < 4.78 is 13.6. The number of nitrogens with one attached hydrogen (secondary N) is 1. The summed E-state index contributed by atoms with van der Waals surface area (Å²) in [6.07, 6.45) is -1.28. The molecule has 0 aromatic heterocycles. The lowest BCUT2D eigenvalue weighted by Gasteiger charge is -2.10. The van der Waals surface area contributed by atoms with Crippen LogP contribution in [-0.2, 0) is 0 Å². The molecule has 0 aliphatic carbocycles. The molecule has 0 atom stereocenters. The molecule has 4 heteroatoms. The molecule has 0 saturated carbocycles. The molecule has 0 aliphatic rings. The van der Waals surface area contributed by atoms with Gasteiger partial charge in [-0.2, -0.15) is 0 Å². The Morgan fingerprint density at radius 2 is 1.76 bits per heavy atom. The number of carboxylic acid groups (broad SMARTS) is 1. The second-order valence-corrected chi connectivity index (χ2v) is 3.46. The van der Waals surface area contributed by atoms with Crippen molar-refractivity contribution in [2.75, 3.05) is 5.32 Å². The largest absolute Gasteiger partial charge is 0.465 e. The molecular weight excluding hydrogens is 221 g/mol. The van der Waals surface area contributed by atoms with Crippen molar-refractivity contribution in [3.63, 3.8) is 0 Å². The Kier molecular flexibility index (Phi) is 3.05. The van der Waals surface area contributed by atoms with Crippen LogP contribution in [0, 0.1) is 5.82 Å². The van der Waals surface area contributed by atoms with Crippen LogP contribution in [0.3, 0.4) is 0 Å². The minimum absolute atomic E-state index is 0.0220. The number of para-hydroxylation sites is 1. The molecular formula is C13H10FNO2. The molecule has 2 aromatic carbocycles. The van der Waals surface area contributed by atoms with E-state index in [-0.39, 0.29) is 5.69 Å². The quantitative estimate of drug-likeness (QED) is 0.829. The number of hydrogen-bond acceptors (Lipinski definition) is 1.